The Morgan fingerprint density at radius 3 is 2.26 bits per heavy atom. The number of benzene rings is 2. The Morgan fingerprint density at radius 2 is 1.61 bits per heavy atom. The van der Waals surface area contributed by atoms with Crippen LogP contribution in [0.15, 0.2) is 60.7 Å². The average Bonchev–Trinajstić information content (AvgIpc) is 2.80. The molecule has 2 heterocycles. The second-order valence-electron chi connectivity index (χ2n) is 7.76. The molecule has 0 unspecified atom stereocenters. The van der Waals surface area contributed by atoms with Gasteiger partial charge in [0.2, 0.25) is 0 Å². The molecule has 4 rings (SSSR count). The van der Waals surface area contributed by atoms with Gasteiger partial charge in [-0.25, -0.2) is 9.97 Å². The lowest BCUT2D eigenvalue weighted by atomic mass is 10.1. The van der Waals surface area contributed by atoms with Gasteiger partial charge in [-0.1, -0.05) is 61.5 Å². The van der Waals surface area contributed by atoms with Crippen LogP contribution in [0.1, 0.15) is 28.7 Å². The first-order valence-corrected chi connectivity index (χ1v) is 10.6. The summed E-state index contributed by atoms with van der Waals surface area (Å²) in [6.07, 6.45) is 0.991. The molecule has 0 N–H and O–H groups in total. The lowest BCUT2D eigenvalue weighted by molar-refractivity contribution is 0.0926. The number of rotatable bonds is 6. The van der Waals surface area contributed by atoms with E-state index in [9.17, 15) is 4.79 Å². The van der Waals surface area contributed by atoms with Crippen molar-refractivity contribution in [3.8, 4) is 11.3 Å². The normalized spacial score (nSPS) is 14.2. The minimum atomic E-state index is 0. The summed E-state index contributed by atoms with van der Waals surface area (Å²) in [4.78, 5) is 26.4. The van der Waals surface area contributed by atoms with Crippen molar-refractivity contribution in [1.29, 1.82) is 0 Å². The van der Waals surface area contributed by atoms with Crippen LogP contribution in [0.4, 0.5) is 5.82 Å². The van der Waals surface area contributed by atoms with Gasteiger partial charge < -0.3 is 4.90 Å². The van der Waals surface area contributed by atoms with Crippen LogP contribution < -0.4 is 4.90 Å². The number of carbonyl (C=O) groups is 1. The molecule has 0 bridgehead atoms. The highest BCUT2D eigenvalue weighted by atomic mass is 35.5. The second-order valence-corrected chi connectivity index (χ2v) is 7.76. The molecule has 1 aliphatic rings. The van der Waals surface area contributed by atoms with Crippen LogP contribution in [0.25, 0.3) is 11.3 Å². The van der Waals surface area contributed by atoms with Gasteiger partial charge in [0, 0.05) is 43.4 Å². The predicted molar refractivity (Wildman–Crippen MR) is 128 cm³/mol. The molecule has 1 aromatic heterocycles. The third-order valence-electron chi connectivity index (χ3n) is 5.64. The maximum absolute atomic E-state index is 12.6. The molecule has 5 nitrogen and oxygen atoms in total. The number of aryl methyl sites for hydroxylation is 2. The highest BCUT2D eigenvalue weighted by molar-refractivity contribution is 5.97. The lowest BCUT2D eigenvalue weighted by Gasteiger charge is -2.35. The summed E-state index contributed by atoms with van der Waals surface area (Å²) in [5.74, 6) is 1.93. The molecule has 1 saturated heterocycles. The number of Topliss-reactive ketones (excluding diaryl/α,β-unsaturated/α-hetero) is 1. The van der Waals surface area contributed by atoms with Crippen LogP contribution in [0.3, 0.4) is 0 Å². The summed E-state index contributed by atoms with van der Waals surface area (Å²) in [5, 5.41) is 0. The summed E-state index contributed by atoms with van der Waals surface area (Å²) < 4.78 is 0. The van der Waals surface area contributed by atoms with E-state index in [1.165, 1.54) is 5.56 Å². The summed E-state index contributed by atoms with van der Waals surface area (Å²) >= 11 is 0. The number of anilines is 1. The van der Waals surface area contributed by atoms with Crippen LogP contribution >= 0.6 is 12.4 Å². The molecule has 0 aliphatic carbocycles. The molecule has 162 valence electrons. The summed E-state index contributed by atoms with van der Waals surface area (Å²) in [5.41, 5.74) is 4.11. The monoisotopic (exact) mass is 436 g/mol. The molecule has 0 atom stereocenters. The number of piperazine rings is 1. The third-order valence-corrected chi connectivity index (χ3v) is 5.64. The molecule has 6 heteroatoms. The Balaban J connectivity index is 0.00000272. The third kappa shape index (κ3) is 5.69. The van der Waals surface area contributed by atoms with E-state index in [-0.39, 0.29) is 18.2 Å². The zero-order chi connectivity index (χ0) is 20.9. The van der Waals surface area contributed by atoms with E-state index in [4.69, 9.17) is 0 Å². The molecule has 3 aromatic rings. The molecule has 1 fully saturated rings. The number of hydrogen-bond acceptors (Lipinski definition) is 5. The number of nitrogens with zero attached hydrogens (tertiary/aromatic N) is 4. The van der Waals surface area contributed by atoms with Gasteiger partial charge in [-0.05, 0) is 18.9 Å². The van der Waals surface area contributed by atoms with Crippen molar-refractivity contribution in [3.05, 3.63) is 77.6 Å². The Bertz CT molecular complexity index is 1000. The van der Waals surface area contributed by atoms with Crippen molar-refractivity contribution in [2.75, 3.05) is 37.6 Å². The Morgan fingerprint density at radius 1 is 0.935 bits per heavy atom. The largest absolute Gasteiger partial charge is 0.354 e. The summed E-state index contributed by atoms with van der Waals surface area (Å²) in [7, 11) is 0. The van der Waals surface area contributed by atoms with Gasteiger partial charge in [0.25, 0.3) is 0 Å². The predicted octanol–water partition coefficient (Wildman–Crippen LogP) is 4.44. The Kier molecular flexibility index (Phi) is 7.77. The molecular weight excluding hydrogens is 408 g/mol. The fraction of sp³-hybridized carbons (Fsp3) is 0.320. The first kappa shape index (κ1) is 22.9. The van der Waals surface area contributed by atoms with Gasteiger partial charge in [0.1, 0.15) is 11.6 Å². The quantitative estimate of drug-likeness (QED) is 0.534. The van der Waals surface area contributed by atoms with Crippen LogP contribution in [0, 0.1) is 6.92 Å². The number of halogens is 1. The number of aromatic nitrogens is 2. The first-order valence-electron chi connectivity index (χ1n) is 10.6. The molecule has 1 aliphatic heterocycles. The summed E-state index contributed by atoms with van der Waals surface area (Å²) in [6.45, 7) is 7.94. The zero-order valence-electron chi connectivity index (χ0n) is 18.1. The smallest absolute Gasteiger partial charge is 0.176 e. The maximum Gasteiger partial charge on any atom is 0.176 e. The molecule has 0 amide bonds. The van der Waals surface area contributed by atoms with E-state index in [2.05, 4.69) is 44.9 Å². The van der Waals surface area contributed by atoms with Crippen LogP contribution in [0.5, 0.6) is 0 Å². The summed E-state index contributed by atoms with van der Waals surface area (Å²) in [6, 6.07) is 20.3. The van der Waals surface area contributed by atoms with Gasteiger partial charge in [-0.2, -0.15) is 0 Å². The van der Waals surface area contributed by atoms with E-state index in [0.717, 1.165) is 61.1 Å². The van der Waals surface area contributed by atoms with E-state index in [1.807, 2.05) is 49.4 Å². The molecule has 2 aromatic carbocycles. The van der Waals surface area contributed by atoms with Gasteiger partial charge in [0.15, 0.2) is 5.78 Å². The SMILES string of the molecule is CCc1ccc(C(=O)CN2CCN(c3cc(-c4ccccc4)nc(C)n3)CC2)cc1.Cl. The fourth-order valence-corrected chi connectivity index (χ4v) is 3.83. The minimum Gasteiger partial charge on any atom is -0.354 e. The highest BCUT2D eigenvalue weighted by Gasteiger charge is 2.21. The van der Waals surface area contributed by atoms with E-state index in [1.54, 1.807) is 0 Å². The fourth-order valence-electron chi connectivity index (χ4n) is 3.83. The van der Waals surface area contributed by atoms with Gasteiger partial charge in [-0.15, -0.1) is 12.4 Å². The number of carbonyl (C=O) groups excluding carboxylic acids is 1. The first-order chi connectivity index (χ1) is 14.6. The molecule has 0 radical (unpaired) electrons. The molecular formula is C25H29ClN4O. The molecule has 31 heavy (non-hydrogen) atoms. The van der Waals surface area contributed by atoms with Crippen molar-refractivity contribution >= 4 is 24.0 Å². The van der Waals surface area contributed by atoms with Crippen molar-refractivity contribution < 1.29 is 4.79 Å². The van der Waals surface area contributed by atoms with E-state index >= 15 is 0 Å². The van der Waals surface area contributed by atoms with Crippen LogP contribution in [-0.2, 0) is 6.42 Å². The van der Waals surface area contributed by atoms with Gasteiger partial charge >= 0.3 is 0 Å². The number of hydrogen-bond donors (Lipinski definition) is 0. The minimum absolute atomic E-state index is 0. The van der Waals surface area contributed by atoms with Crippen molar-refractivity contribution in [2.24, 2.45) is 0 Å². The maximum atomic E-state index is 12.6. The van der Waals surface area contributed by atoms with Crippen molar-refractivity contribution in [3.63, 3.8) is 0 Å². The van der Waals surface area contributed by atoms with Gasteiger partial charge in [-0.3, -0.25) is 9.69 Å². The zero-order valence-corrected chi connectivity index (χ0v) is 18.9. The van der Waals surface area contributed by atoms with Crippen molar-refractivity contribution in [2.45, 2.75) is 20.3 Å². The Labute approximate surface area is 190 Å². The van der Waals surface area contributed by atoms with Crippen LogP contribution in [-0.4, -0.2) is 53.4 Å². The molecule has 0 saturated carbocycles. The standard InChI is InChI=1S/C25H28N4O.ClH/c1-3-20-9-11-22(12-10-20)24(30)18-28-13-15-29(16-14-28)25-17-23(26-19(2)27-25)21-7-5-4-6-8-21;/h4-12,17H,3,13-16,18H2,1-2H3;1H. The second kappa shape index (κ2) is 10.5. The highest BCUT2D eigenvalue weighted by Crippen LogP contribution is 2.22. The van der Waals surface area contributed by atoms with Crippen LogP contribution in [0.2, 0.25) is 0 Å². The topological polar surface area (TPSA) is 49.3 Å². The number of ketones is 1. The molecule has 0 spiro atoms. The van der Waals surface area contributed by atoms with E-state index < -0.39 is 0 Å². The van der Waals surface area contributed by atoms with E-state index in [0.29, 0.717) is 6.54 Å². The average molecular weight is 437 g/mol. The van der Waals surface area contributed by atoms with Crippen molar-refractivity contribution in [1.82, 2.24) is 14.9 Å². The van der Waals surface area contributed by atoms with Gasteiger partial charge in [0.05, 0.1) is 12.2 Å². The lowest BCUT2D eigenvalue weighted by Crippen LogP contribution is -2.48. The Hall–Kier alpha value is -2.76.